The van der Waals surface area contributed by atoms with Crippen LogP contribution >= 0.6 is 0 Å². The highest BCUT2D eigenvalue weighted by molar-refractivity contribution is 6.07. The molecule has 0 saturated carbocycles. The molecular weight excluding hydrogens is 402 g/mol. The second-order valence-corrected chi connectivity index (χ2v) is 7.99. The van der Waals surface area contributed by atoms with Crippen molar-refractivity contribution in [2.45, 2.75) is 33.4 Å². The van der Waals surface area contributed by atoms with Crippen molar-refractivity contribution in [3.8, 4) is 0 Å². The number of anilines is 2. The smallest absolute Gasteiger partial charge is 0.243 e. The first-order valence-electron chi connectivity index (χ1n) is 10.5. The summed E-state index contributed by atoms with van der Waals surface area (Å²) in [5.74, 6) is 0.339. The first kappa shape index (κ1) is 24.7. The Labute approximate surface area is 190 Å². The number of allylic oxidation sites excluding steroid dienone is 1. The number of nitrogens with one attached hydrogen (secondary N) is 4. The van der Waals surface area contributed by atoms with E-state index in [0.717, 1.165) is 23.4 Å². The van der Waals surface area contributed by atoms with Crippen molar-refractivity contribution in [1.82, 2.24) is 25.5 Å². The Bertz CT molecular complexity index is 963. The molecule has 170 valence electrons. The van der Waals surface area contributed by atoms with Crippen molar-refractivity contribution >= 4 is 29.3 Å². The van der Waals surface area contributed by atoms with Crippen molar-refractivity contribution < 1.29 is 4.79 Å². The van der Waals surface area contributed by atoms with Crippen LogP contribution < -0.4 is 16.0 Å². The average molecular weight is 436 g/mol. The Kier molecular flexibility index (Phi) is 9.56. The maximum atomic E-state index is 11.9. The number of benzene rings is 1. The van der Waals surface area contributed by atoms with Crippen molar-refractivity contribution in [2.75, 3.05) is 26.0 Å². The van der Waals surface area contributed by atoms with Gasteiger partial charge in [0.25, 0.3) is 0 Å². The molecule has 1 amide bonds. The number of aromatic nitrogens is 2. The molecule has 0 fully saturated rings. The highest BCUT2D eigenvalue weighted by atomic mass is 16.1. The monoisotopic (exact) mass is 435 g/mol. The van der Waals surface area contributed by atoms with Crippen LogP contribution in [0.15, 0.2) is 48.8 Å². The number of rotatable bonds is 11. The van der Waals surface area contributed by atoms with Gasteiger partial charge in [-0.2, -0.15) is 0 Å². The van der Waals surface area contributed by atoms with Gasteiger partial charge in [-0.3, -0.25) is 4.79 Å². The van der Waals surface area contributed by atoms with Crippen LogP contribution in [0, 0.1) is 12.3 Å². The quantitative estimate of drug-likeness (QED) is 0.319. The first-order chi connectivity index (χ1) is 15.3. The van der Waals surface area contributed by atoms with Crippen LogP contribution in [-0.4, -0.2) is 53.7 Å². The summed E-state index contributed by atoms with van der Waals surface area (Å²) in [6.07, 6.45) is 8.21. The van der Waals surface area contributed by atoms with E-state index in [1.165, 1.54) is 6.21 Å². The van der Waals surface area contributed by atoms with E-state index in [0.29, 0.717) is 23.8 Å². The Morgan fingerprint density at radius 2 is 1.94 bits per heavy atom. The molecule has 1 aromatic heterocycles. The number of hydrogen-bond donors (Lipinski definition) is 4. The molecule has 0 spiro atoms. The molecule has 2 aromatic rings. The van der Waals surface area contributed by atoms with Crippen molar-refractivity contribution in [3.63, 3.8) is 0 Å². The summed E-state index contributed by atoms with van der Waals surface area (Å²) in [6.45, 7) is 7.17. The SMILES string of the molecule is Cc1cnc(Nc2ccc(CNC(=O)/C=C/CN(C)C)cc2)nc1/C(C=N)=C/NC(C)C. The predicted octanol–water partition coefficient (Wildman–Crippen LogP) is 3.25. The number of likely N-dealkylation sites (N-methyl/N-ethyl adjacent to an activating group) is 1. The molecule has 8 nitrogen and oxygen atoms in total. The fraction of sp³-hybridized carbons (Fsp3) is 0.333. The Morgan fingerprint density at radius 1 is 1.22 bits per heavy atom. The topological polar surface area (TPSA) is 106 Å². The summed E-state index contributed by atoms with van der Waals surface area (Å²) in [4.78, 5) is 22.8. The third-order valence-electron chi connectivity index (χ3n) is 4.39. The minimum Gasteiger partial charge on any atom is -0.388 e. The van der Waals surface area contributed by atoms with Gasteiger partial charge in [0, 0.05) is 55.1 Å². The number of aryl methyl sites for hydroxylation is 1. The van der Waals surface area contributed by atoms with Crippen molar-refractivity contribution in [3.05, 3.63) is 65.6 Å². The third-order valence-corrected chi connectivity index (χ3v) is 4.39. The minimum atomic E-state index is -0.114. The van der Waals surface area contributed by atoms with E-state index in [2.05, 4.69) is 25.9 Å². The van der Waals surface area contributed by atoms with Crippen LogP contribution in [0.4, 0.5) is 11.6 Å². The van der Waals surface area contributed by atoms with Crippen LogP contribution in [0.25, 0.3) is 5.57 Å². The lowest BCUT2D eigenvalue weighted by Crippen LogP contribution is -2.21. The molecule has 4 N–H and O–H groups in total. The highest BCUT2D eigenvalue weighted by Crippen LogP contribution is 2.19. The van der Waals surface area contributed by atoms with E-state index in [9.17, 15) is 4.79 Å². The molecule has 0 saturated heterocycles. The van der Waals surface area contributed by atoms with Gasteiger partial charge in [-0.25, -0.2) is 9.97 Å². The molecule has 2 rings (SSSR count). The van der Waals surface area contributed by atoms with Gasteiger partial charge >= 0.3 is 0 Å². The summed E-state index contributed by atoms with van der Waals surface area (Å²) < 4.78 is 0. The van der Waals surface area contributed by atoms with Crippen molar-refractivity contribution in [1.29, 1.82) is 5.41 Å². The van der Waals surface area contributed by atoms with E-state index in [1.807, 2.05) is 70.1 Å². The van der Waals surface area contributed by atoms with Gasteiger partial charge in [-0.1, -0.05) is 18.2 Å². The lowest BCUT2D eigenvalue weighted by atomic mass is 10.1. The third kappa shape index (κ3) is 8.31. The fourth-order valence-electron chi connectivity index (χ4n) is 2.68. The molecule has 0 bridgehead atoms. The molecule has 1 heterocycles. The number of carbonyl (C=O) groups excluding carboxylic acids is 1. The van der Waals surface area contributed by atoms with E-state index >= 15 is 0 Å². The summed E-state index contributed by atoms with van der Waals surface area (Å²) in [5, 5.41) is 17.0. The average Bonchev–Trinajstić information content (AvgIpc) is 2.75. The van der Waals surface area contributed by atoms with Gasteiger partial charge in [0.05, 0.1) is 5.69 Å². The van der Waals surface area contributed by atoms with Crippen LogP contribution in [0.5, 0.6) is 0 Å². The molecule has 0 unspecified atom stereocenters. The van der Waals surface area contributed by atoms with Crippen molar-refractivity contribution in [2.24, 2.45) is 0 Å². The molecule has 0 aliphatic heterocycles. The van der Waals surface area contributed by atoms with Crippen LogP contribution in [-0.2, 0) is 11.3 Å². The second-order valence-electron chi connectivity index (χ2n) is 7.99. The second kappa shape index (κ2) is 12.4. The van der Waals surface area contributed by atoms with E-state index in [1.54, 1.807) is 18.5 Å². The maximum Gasteiger partial charge on any atom is 0.243 e. The molecule has 32 heavy (non-hydrogen) atoms. The number of hydrogen-bond acceptors (Lipinski definition) is 7. The lowest BCUT2D eigenvalue weighted by molar-refractivity contribution is -0.116. The Hall–Kier alpha value is -3.52. The molecule has 0 aliphatic rings. The number of carbonyl (C=O) groups is 1. The molecular formula is C24H33N7O. The maximum absolute atomic E-state index is 11.9. The predicted molar refractivity (Wildman–Crippen MR) is 131 cm³/mol. The standard InChI is InChI=1S/C24H33N7O/c1-17(2)26-16-20(13-25)23-18(3)14-28-24(30-23)29-21-10-8-19(9-11-21)15-27-22(32)7-6-12-31(4)5/h6-11,13-14,16-17,25-26H,12,15H2,1-5H3,(H,27,32)(H,28,29,30)/b7-6+,20-16+,25-13?. The number of amides is 1. The van der Waals surface area contributed by atoms with E-state index < -0.39 is 0 Å². The Morgan fingerprint density at radius 3 is 2.56 bits per heavy atom. The zero-order valence-corrected chi connectivity index (χ0v) is 19.4. The van der Waals surface area contributed by atoms with Gasteiger partial charge in [0.1, 0.15) is 0 Å². The van der Waals surface area contributed by atoms with Crippen LogP contribution in [0.2, 0.25) is 0 Å². The highest BCUT2D eigenvalue weighted by Gasteiger charge is 2.09. The normalized spacial score (nSPS) is 11.8. The molecule has 1 aromatic carbocycles. The molecule has 0 aliphatic carbocycles. The zero-order chi connectivity index (χ0) is 23.5. The van der Waals surface area contributed by atoms with Gasteiger partial charge in [0.2, 0.25) is 11.9 Å². The molecule has 0 radical (unpaired) electrons. The first-order valence-corrected chi connectivity index (χ1v) is 10.5. The van der Waals surface area contributed by atoms with Crippen LogP contribution in [0.3, 0.4) is 0 Å². The Balaban J connectivity index is 2.01. The van der Waals surface area contributed by atoms with E-state index in [-0.39, 0.29) is 11.9 Å². The van der Waals surface area contributed by atoms with E-state index in [4.69, 9.17) is 5.41 Å². The van der Waals surface area contributed by atoms with Gasteiger partial charge in [-0.05, 0) is 58.1 Å². The lowest BCUT2D eigenvalue weighted by Gasteiger charge is -2.11. The summed E-state index contributed by atoms with van der Waals surface area (Å²) in [6, 6.07) is 7.98. The fourth-order valence-corrected chi connectivity index (χ4v) is 2.68. The molecule has 0 atom stereocenters. The minimum absolute atomic E-state index is 0.114. The van der Waals surface area contributed by atoms with Gasteiger partial charge in [-0.15, -0.1) is 0 Å². The van der Waals surface area contributed by atoms with Gasteiger partial charge < -0.3 is 26.3 Å². The van der Waals surface area contributed by atoms with Gasteiger partial charge in [0.15, 0.2) is 0 Å². The number of nitrogens with zero attached hydrogens (tertiary/aromatic N) is 3. The largest absolute Gasteiger partial charge is 0.388 e. The molecule has 8 heteroatoms. The summed E-state index contributed by atoms with van der Waals surface area (Å²) >= 11 is 0. The summed E-state index contributed by atoms with van der Waals surface area (Å²) in [7, 11) is 3.90. The van der Waals surface area contributed by atoms with Crippen LogP contribution in [0.1, 0.15) is 30.7 Å². The summed E-state index contributed by atoms with van der Waals surface area (Å²) in [5.41, 5.74) is 4.10. The zero-order valence-electron chi connectivity index (χ0n) is 19.4.